The van der Waals surface area contributed by atoms with Crippen molar-refractivity contribution in [3.63, 3.8) is 0 Å². The molecule has 2 heterocycles. The zero-order valence-corrected chi connectivity index (χ0v) is 23.9. The van der Waals surface area contributed by atoms with Crippen molar-refractivity contribution in [1.29, 1.82) is 0 Å². The van der Waals surface area contributed by atoms with Crippen LogP contribution in [0.1, 0.15) is 111 Å². The number of carbonyl (C=O) groups is 2. The number of primary amides is 1. The highest BCUT2D eigenvalue weighted by Crippen LogP contribution is 2.49. The second kappa shape index (κ2) is 11.0. The lowest BCUT2D eigenvalue weighted by Crippen LogP contribution is -2.51. The number of nitrogens with two attached hydrogens (primary N) is 1. The standard InChI is InChI=1S/C34H44N2O4/c1-21-19-29(40-21)26-9-11-27(12-10-26)31(32(38)33(35)39)36-17-15-34(16-18-36)14-13-28(20-30(34)37)22(2)23-3-5-24(6-4-23)25-7-8-25/h3-6,9-12,21-22,25,28-29,31-32,38H,7-8,13-20H2,1-2H3,(H2,35,39). The number of ether oxygens (including phenoxy) is 1. The Kier molecular flexibility index (Phi) is 7.62. The van der Waals surface area contributed by atoms with Crippen LogP contribution in [0.4, 0.5) is 0 Å². The lowest BCUT2D eigenvalue weighted by atomic mass is 9.62. The van der Waals surface area contributed by atoms with Crippen LogP contribution in [-0.4, -0.2) is 47.0 Å². The minimum absolute atomic E-state index is 0.115. The number of benzene rings is 2. The molecule has 6 heteroatoms. The predicted octanol–water partition coefficient (Wildman–Crippen LogP) is 5.56. The molecule has 1 amide bonds. The predicted molar refractivity (Wildman–Crippen MR) is 155 cm³/mol. The van der Waals surface area contributed by atoms with Gasteiger partial charge < -0.3 is 15.6 Å². The number of Topliss-reactive ketones (excluding diaryl/α,β-unsaturated/α-hetero) is 1. The molecule has 6 rings (SSSR count). The summed E-state index contributed by atoms with van der Waals surface area (Å²) < 4.78 is 5.80. The van der Waals surface area contributed by atoms with E-state index in [4.69, 9.17) is 10.5 Å². The molecule has 2 aromatic carbocycles. The first-order valence-electron chi connectivity index (χ1n) is 15.3. The quantitative estimate of drug-likeness (QED) is 0.454. The second-order valence-electron chi connectivity index (χ2n) is 13.1. The fourth-order valence-corrected chi connectivity index (χ4v) is 7.55. The Morgan fingerprint density at radius 3 is 2.12 bits per heavy atom. The summed E-state index contributed by atoms with van der Waals surface area (Å²) in [6.45, 7) is 5.67. The van der Waals surface area contributed by atoms with E-state index in [9.17, 15) is 14.7 Å². The molecule has 4 aliphatic rings. The van der Waals surface area contributed by atoms with Crippen molar-refractivity contribution in [3.8, 4) is 0 Å². The molecule has 0 bridgehead atoms. The van der Waals surface area contributed by atoms with Crippen LogP contribution in [0.15, 0.2) is 48.5 Å². The number of hydrogen-bond donors (Lipinski definition) is 2. The first-order chi connectivity index (χ1) is 19.2. The molecule has 40 heavy (non-hydrogen) atoms. The Morgan fingerprint density at radius 2 is 1.57 bits per heavy atom. The number of piperidine rings is 1. The highest BCUT2D eigenvalue weighted by atomic mass is 16.5. The van der Waals surface area contributed by atoms with Gasteiger partial charge in [-0.3, -0.25) is 14.5 Å². The molecule has 4 fully saturated rings. The summed E-state index contributed by atoms with van der Waals surface area (Å²) in [4.78, 5) is 27.9. The Labute approximate surface area is 238 Å². The van der Waals surface area contributed by atoms with Crippen molar-refractivity contribution in [1.82, 2.24) is 4.90 Å². The Bertz CT molecular complexity index is 1210. The maximum Gasteiger partial charge on any atom is 0.248 e. The van der Waals surface area contributed by atoms with Gasteiger partial charge in [-0.1, -0.05) is 55.5 Å². The number of rotatable bonds is 8. The van der Waals surface area contributed by atoms with Gasteiger partial charge in [-0.15, -0.1) is 0 Å². The SMILES string of the molecule is CC1CC(c2ccc(C(C(O)C(N)=O)N3CCC4(CCC(C(C)c5ccc(C6CC6)cc5)CC4=O)CC3)cc2)O1. The van der Waals surface area contributed by atoms with Crippen LogP contribution in [0.3, 0.4) is 0 Å². The maximum absolute atomic E-state index is 13.7. The smallest absolute Gasteiger partial charge is 0.248 e. The van der Waals surface area contributed by atoms with Crippen LogP contribution < -0.4 is 5.73 Å². The molecular formula is C34H44N2O4. The van der Waals surface area contributed by atoms with Gasteiger partial charge in [0.15, 0.2) is 6.10 Å². The summed E-state index contributed by atoms with van der Waals surface area (Å²) in [7, 11) is 0. The van der Waals surface area contributed by atoms with Gasteiger partial charge in [0, 0.05) is 18.3 Å². The summed E-state index contributed by atoms with van der Waals surface area (Å²) in [5, 5.41) is 10.9. The normalized spacial score (nSPS) is 29.0. The molecule has 3 N–H and O–H groups in total. The molecule has 6 unspecified atom stereocenters. The van der Waals surface area contributed by atoms with E-state index in [1.54, 1.807) is 0 Å². The summed E-state index contributed by atoms with van der Waals surface area (Å²) in [5.41, 5.74) is 10.1. The highest BCUT2D eigenvalue weighted by Gasteiger charge is 2.47. The third-order valence-electron chi connectivity index (χ3n) is 10.6. The summed E-state index contributed by atoms with van der Waals surface area (Å²) >= 11 is 0. The Balaban J connectivity index is 1.09. The molecule has 0 radical (unpaired) electrons. The summed E-state index contributed by atoms with van der Waals surface area (Å²) in [6, 6.07) is 16.7. The molecule has 0 aromatic heterocycles. The van der Waals surface area contributed by atoms with Crippen LogP contribution in [0.5, 0.6) is 0 Å². The Morgan fingerprint density at radius 1 is 0.975 bits per heavy atom. The molecule has 1 spiro atoms. The van der Waals surface area contributed by atoms with Crippen molar-refractivity contribution in [2.24, 2.45) is 17.1 Å². The third kappa shape index (κ3) is 5.38. The van der Waals surface area contributed by atoms with E-state index in [2.05, 4.69) is 43.0 Å². The zero-order chi connectivity index (χ0) is 28.0. The van der Waals surface area contributed by atoms with E-state index in [1.165, 1.54) is 24.0 Å². The van der Waals surface area contributed by atoms with E-state index in [0.717, 1.165) is 49.1 Å². The van der Waals surface area contributed by atoms with Crippen LogP contribution in [-0.2, 0) is 14.3 Å². The van der Waals surface area contributed by atoms with Gasteiger partial charge in [0.1, 0.15) is 5.78 Å². The van der Waals surface area contributed by atoms with Gasteiger partial charge in [0.25, 0.3) is 0 Å². The summed E-state index contributed by atoms with van der Waals surface area (Å²) in [6.07, 6.45) is 6.87. The summed E-state index contributed by atoms with van der Waals surface area (Å²) in [5.74, 6) is 1.20. The van der Waals surface area contributed by atoms with Crippen molar-refractivity contribution < 1.29 is 19.4 Å². The number of amides is 1. The number of ketones is 1. The number of likely N-dealkylation sites (tertiary alicyclic amines) is 1. The van der Waals surface area contributed by atoms with E-state index >= 15 is 0 Å². The van der Waals surface area contributed by atoms with Crippen molar-refractivity contribution in [2.75, 3.05) is 13.1 Å². The second-order valence-corrected chi connectivity index (χ2v) is 13.1. The number of carbonyl (C=O) groups excluding carboxylic acids is 2. The fourth-order valence-electron chi connectivity index (χ4n) is 7.55. The molecule has 6 atom stereocenters. The number of hydrogen-bond acceptors (Lipinski definition) is 5. The van der Waals surface area contributed by atoms with Gasteiger partial charge in [0.05, 0.1) is 18.2 Å². The van der Waals surface area contributed by atoms with Gasteiger partial charge in [-0.25, -0.2) is 0 Å². The molecule has 2 saturated heterocycles. The zero-order valence-electron chi connectivity index (χ0n) is 23.9. The highest BCUT2D eigenvalue weighted by molar-refractivity contribution is 5.86. The average Bonchev–Trinajstić information content (AvgIpc) is 3.80. The topological polar surface area (TPSA) is 92.9 Å². The molecule has 2 aliphatic heterocycles. The first-order valence-corrected chi connectivity index (χ1v) is 15.3. The van der Waals surface area contributed by atoms with E-state index in [0.29, 0.717) is 37.1 Å². The molecule has 2 aliphatic carbocycles. The van der Waals surface area contributed by atoms with Crippen molar-refractivity contribution >= 4 is 11.7 Å². The molecule has 2 aromatic rings. The minimum Gasteiger partial charge on any atom is -0.381 e. The Hall–Kier alpha value is -2.54. The van der Waals surface area contributed by atoms with E-state index in [-0.39, 0.29) is 17.6 Å². The van der Waals surface area contributed by atoms with Gasteiger partial charge in [-0.05, 0) is 98.5 Å². The molecule has 6 nitrogen and oxygen atoms in total. The molecule has 214 valence electrons. The molecule has 2 saturated carbocycles. The van der Waals surface area contributed by atoms with E-state index < -0.39 is 18.1 Å². The molecular weight excluding hydrogens is 500 g/mol. The lowest BCUT2D eigenvalue weighted by Gasteiger charge is -2.47. The minimum atomic E-state index is -1.31. The lowest BCUT2D eigenvalue weighted by molar-refractivity contribution is -0.139. The first kappa shape index (κ1) is 27.6. The monoisotopic (exact) mass is 544 g/mol. The van der Waals surface area contributed by atoms with Crippen LogP contribution in [0.2, 0.25) is 0 Å². The van der Waals surface area contributed by atoms with Crippen LogP contribution in [0.25, 0.3) is 0 Å². The van der Waals surface area contributed by atoms with Gasteiger partial charge in [0.2, 0.25) is 5.91 Å². The van der Waals surface area contributed by atoms with Gasteiger partial charge in [-0.2, -0.15) is 0 Å². The van der Waals surface area contributed by atoms with E-state index in [1.807, 2.05) is 24.3 Å². The van der Waals surface area contributed by atoms with Crippen molar-refractivity contribution in [2.45, 2.75) is 101 Å². The fraction of sp³-hybridized carbons (Fsp3) is 0.588. The van der Waals surface area contributed by atoms with Crippen molar-refractivity contribution in [3.05, 3.63) is 70.8 Å². The van der Waals surface area contributed by atoms with Crippen LogP contribution >= 0.6 is 0 Å². The van der Waals surface area contributed by atoms with Gasteiger partial charge >= 0.3 is 0 Å². The number of aliphatic hydroxyl groups is 1. The van der Waals surface area contributed by atoms with Crippen LogP contribution in [0, 0.1) is 11.3 Å². The average molecular weight is 545 g/mol. The third-order valence-corrected chi connectivity index (χ3v) is 10.6. The number of nitrogens with zero attached hydrogens (tertiary/aromatic N) is 1. The largest absolute Gasteiger partial charge is 0.381 e. The number of aliphatic hydroxyl groups excluding tert-OH is 1. The maximum atomic E-state index is 13.7.